The van der Waals surface area contributed by atoms with Gasteiger partial charge in [-0.15, -0.1) is 0 Å². The van der Waals surface area contributed by atoms with E-state index in [4.69, 9.17) is 11.6 Å². The smallest absolute Gasteiger partial charge is 0.209 e. The molecular formula is C15H14ClN3. The Morgan fingerprint density at radius 3 is 3.05 bits per heavy atom. The first-order valence-corrected chi connectivity index (χ1v) is 6.98. The largest absolute Gasteiger partial charge is 0.315 e. The van der Waals surface area contributed by atoms with Gasteiger partial charge >= 0.3 is 0 Å². The number of aromatic nitrogens is 2. The maximum Gasteiger partial charge on any atom is 0.209 e. The average molecular weight is 272 g/mol. The molecule has 0 spiro atoms. The number of benzene rings is 1. The van der Waals surface area contributed by atoms with Gasteiger partial charge in [0.2, 0.25) is 5.95 Å². The highest BCUT2D eigenvalue weighted by atomic mass is 35.5. The molecule has 4 heteroatoms. The molecule has 2 aromatic rings. The Bertz CT molecular complexity index is 646. The highest BCUT2D eigenvalue weighted by molar-refractivity contribution is 6.29. The summed E-state index contributed by atoms with van der Waals surface area (Å²) in [4.78, 5) is 9.80. The minimum Gasteiger partial charge on any atom is -0.315 e. The molecular weight excluding hydrogens is 258 g/mol. The van der Waals surface area contributed by atoms with E-state index >= 15 is 0 Å². The maximum absolute atomic E-state index is 5.98. The van der Waals surface area contributed by atoms with E-state index < -0.39 is 0 Å². The van der Waals surface area contributed by atoms with Crippen LogP contribution in [-0.2, 0) is 0 Å². The van der Waals surface area contributed by atoms with Gasteiger partial charge in [-0.3, -0.25) is 0 Å². The van der Waals surface area contributed by atoms with Gasteiger partial charge in [0.05, 0.1) is 12.2 Å². The zero-order valence-corrected chi connectivity index (χ0v) is 11.1. The van der Waals surface area contributed by atoms with Crippen molar-refractivity contribution in [3.8, 4) is 0 Å². The maximum atomic E-state index is 5.98. The molecule has 2 aliphatic rings. The normalized spacial score (nSPS) is 24.4. The minimum absolute atomic E-state index is 0.355. The second kappa shape index (κ2) is 4.14. The lowest BCUT2D eigenvalue weighted by atomic mass is 9.87. The Labute approximate surface area is 116 Å². The summed E-state index contributed by atoms with van der Waals surface area (Å²) in [5.41, 5.74) is 2.67. The zero-order valence-electron chi connectivity index (χ0n) is 10.4. The highest BCUT2D eigenvalue weighted by Crippen LogP contribution is 2.48. The van der Waals surface area contributed by atoms with Gasteiger partial charge in [0.25, 0.3) is 0 Å². The van der Waals surface area contributed by atoms with Crippen molar-refractivity contribution in [3.63, 3.8) is 0 Å². The summed E-state index contributed by atoms with van der Waals surface area (Å²) in [6, 6.07) is 8.95. The van der Waals surface area contributed by atoms with Crippen molar-refractivity contribution in [3.05, 3.63) is 53.3 Å². The van der Waals surface area contributed by atoms with E-state index in [2.05, 4.69) is 51.3 Å². The Hall–Kier alpha value is -1.74. The van der Waals surface area contributed by atoms with Crippen LogP contribution >= 0.6 is 11.6 Å². The summed E-state index contributed by atoms with van der Waals surface area (Å²) >= 11 is 5.98. The highest BCUT2D eigenvalue weighted by Gasteiger charge is 2.39. The van der Waals surface area contributed by atoms with Crippen molar-refractivity contribution in [2.45, 2.75) is 24.8 Å². The second-order valence-electron chi connectivity index (χ2n) is 5.09. The molecule has 2 unspecified atom stereocenters. The molecule has 96 valence electrons. The molecule has 0 amide bonds. The van der Waals surface area contributed by atoms with Crippen molar-refractivity contribution in [1.29, 1.82) is 0 Å². The van der Waals surface area contributed by atoms with Crippen LogP contribution in [0, 0.1) is 0 Å². The summed E-state index contributed by atoms with van der Waals surface area (Å²) in [5.74, 6) is 1.39. The standard InChI is InChI=1S/C15H14ClN3/c16-14-9-17-15(18-14)19-12-7-3-1-5-10(12)11-6-2-4-8-13(11)19/h1,3-5,7-9,11,13H,2,6H2,(H,17,18). The number of nitrogens with zero attached hydrogens (tertiary/aromatic N) is 2. The van der Waals surface area contributed by atoms with Crippen molar-refractivity contribution >= 4 is 23.2 Å². The number of allylic oxidation sites excluding steroid dienone is 1. The molecule has 4 rings (SSSR count). The molecule has 0 saturated carbocycles. The SMILES string of the molecule is Clc1cnc(N2c3ccccc3C3CCC=CC32)[nH]1. The van der Waals surface area contributed by atoms with Crippen LogP contribution in [0.4, 0.5) is 11.6 Å². The molecule has 0 radical (unpaired) electrons. The first-order valence-electron chi connectivity index (χ1n) is 6.60. The van der Waals surface area contributed by atoms with E-state index in [1.807, 2.05) is 0 Å². The minimum atomic E-state index is 0.355. The molecule has 0 fully saturated rings. The summed E-state index contributed by atoms with van der Waals surface area (Å²) in [6.45, 7) is 0. The van der Waals surface area contributed by atoms with Gasteiger partial charge in [-0.1, -0.05) is 42.0 Å². The molecule has 0 bridgehead atoms. The third-order valence-corrected chi connectivity index (χ3v) is 4.24. The van der Waals surface area contributed by atoms with Crippen molar-refractivity contribution < 1.29 is 0 Å². The van der Waals surface area contributed by atoms with Gasteiger partial charge < -0.3 is 9.88 Å². The molecule has 19 heavy (non-hydrogen) atoms. The van der Waals surface area contributed by atoms with Gasteiger partial charge in [0.15, 0.2) is 0 Å². The molecule has 1 aromatic carbocycles. The molecule has 0 saturated heterocycles. The third-order valence-electron chi connectivity index (χ3n) is 4.04. The van der Waals surface area contributed by atoms with Crippen LogP contribution in [0.25, 0.3) is 0 Å². The van der Waals surface area contributed by atoms with Crippen LogP contribution in [0.2, 0.25) is 5.15 Å². The quantitative estimate of drug-likeness (QED) is 0.795. The zero-order chi connectivity index (χ0) is 12.8. The van der Waals surface area contributed by atoms with E-state index in [0.29, 0.717) is 17.1 Å². The van der Waals surface area contributed by atoms with E-state index in [1.54, 1.807) is 6.20 Å². The molecule has 3 nitrogen and oxygen atoms in total. The first-order chi connectivity index (χ1) is 9.34. The van der Waals surface area contributed by atoms with Gasteiger partial charge in [0.1, 0.15) is 5.15 Å². The lowest BCUT2D eigenvalue weighted by Gasteiger charge is -2.28. The number of H-pyrrole nitrogens is 1. The van der Waals surface area contributed by atoms with Crippen LogP contribution in [0.5, 0.6) is 0 Å². The summed E-state index contributed by atoms with van der Waals surface area (Å²) in [7, 11) is 0. The van der Waals surface area contributed by atoms with Gasteiger partial charge in [0, 0.05) is 11.6 Å². The Morgan fingerprint density at radius 2 is 2.21 bits per heavy atom. The molecule has 1 N–H and O–H groups in total. The topological polar surface area (TPSA) is 31.9 Å². The van der Waals surface area contributed by atoms with Crippen molar-refractivity contribution in [2.24, 2.45) is 0 Å². The van der Waals surface area contributed by atoms with E-state index in [9.17, 15) is 0 Å². The lowest BCUT2D eigenvalue weighted by molar-refractivity contribution is 0.569. The molecule has 2 atom stereocenters. The summed E-state index contributed by atoms with van der Waals surface area (Å²) < 4.78 is 0. The number of imidazole rings is 1. The van der Waals surface area contributed by atoms with E-state index in [-0.39, 0.29) is 0 Å². The molecule has 1 aromatic heterocycles. The van der Waals surface area contributed by atoms with Crippen LogP contribution < -0.4 is 4.90 Å². The number of aromatic amines is 1. The van der Waals surface area contributed by atoms with Crippen LogP contribution in [-0.4, -0.2) is 16.0 Å². The predicted octanol–water partition coefficient (Wildman–Crippen LogP) is 4.02. The summed E-state index contributed by atoms with van der Waals surface area (Å²) in [6.07, 6.45) is 8.58. The van der Waals surface area contributed by atoms with Crippen LogP contribution in [0.15, 0.2) is 42.6 Å². The Kier molecular flexibility index (Phi) is 2.42. The molecule has 1 aliphatic carbocycles. The lowest BCUT2D eigenvalue weighted by Crippen LogP contribution is -2.30. The van der Waals surface area contributed by atoms with Crippen molar-refractivity contribution in [1.82, 2.24) is 9.97 Å². The second-order valence-corrected chi connectivity index (χ2v) is 5.49. The number of rotatable bonds is 1. The van der Waals surface area contributed by atoms with Crippen LogP contribution in [0.1, 0.15) is 24.3 Å². The average Bonchev–Trinajstić information content (AvgIpc) is 3.00. The Morgan fingerprint density at radius 1 is 1.32 bits per heavy atom. The number of fused-ring (bicyclic) bond motifs is 3. The number of nitrogens with one attached hydrogen (secondary N) is 1. The fourth-order valence-corrected chi connectivity index (χ4v) is 3.40. The van der Waals surface area contributed by atoms with Crippen LogP contribution in [0.3, 0.4) is 0 Å². The fourth-order valence-electron chi connectivity index (χ4n) is 3.27. The first kappa shape index (κ1) is 11.1. The predicted molar refractivity (Wildman–Crippen MR) is 77.1 cm³/mol. The number of anilines is 2. The molecule has 2 heterocycles. The van der Waals surface area contributed by atoms with Gasteiger partial charge in [-0.05, 0) is 24.5 Å². The third kappa shape index (κ3) is 1.61. The number of para-hydroxylation sites is 1. The van der Waals surface area contributed by atoms with Crippen molar-refractivity contribution in [2.75, 3.05) is 4.90 Å². The number of hydrogen-bond donors (Lipinski definition) is 1. The number of hydrogen-bond acceptors (Lipinski definition) is 2. The van der Waals surface area contributed by atoms with Gasteiger partial charge in [-0.25, -0.2) is 4.98 Å². The fraction of sp³-hybridized carbons (Fsp3) is 0.267. The van der Waals surface area contributed by atoms with Gasteiger partial charge in [-0.2, -0.15) is 0 Å². The number of halogens is 1. The molecule has 1 aliphatic heterocycles. The Balaban J connectivity index is 1.88. The van der Waals surface area contributed by atoms with E-state index in [0.717, 1.165) is 12.4 Å². The summed E-state index contributed by atoms with van der Waals surface area (Å²) in [5, 5.41) is 0.579. The van der Waals surface area contributed by atoms with E-state index in [1.165, 1.54) is 17.7 Å². The monoisotopic (exact) mass is 271 g/mol.